The summed E-state index contributed by atoms with van der Waals surface area (Å²) in [6, 6.07) is 20.6. The van der Waals surface area contributed by atoms with E-state index in [1.54, 1.807) is 24.3 Å². The molecule has 2 aliphatic heterocycles. The van der Waals surface area contributed by atoms with E-state index in [0.29, 0.717) is 24.4 Å². The van der Waals surface area contributed by atoms with Gasteiger partial charge in [-0.05, 0) is 48.7 Å². The van der Waals surface area contributed by atoms with Crippen molar-refractivity contribution in [3.05, 3.63) is 89.7 Å². The number of para-hydroxylation sites is 1. The molecule has 1 saturated heterocycles. The normalized spacial score (nSPS) is 21.5. The Labute approximate surface area is 220 Å². The van der Waals surface area contributed by atoms with Crippen molar-refractivity contribution >= 4 is 23.3 Å². The average Bonchev–Trinajstić information content (AvgIpc) is 3.28. The number of urea groups is 1. The van der Waals surface area contributed by atoms with Crippen molar-refractivity contribution in [2.45, 2.75) is 43.5 Å². The van der Waals surface area contributed by atoms with Crippen LogP contribution in [0.15, 0.2) is 72.8 Å². The molecule has 1 fully saturated rings. The fourth-order valence-corrected chi connectivity index (χ4v) is 5.08. The summed E-state index contributed by atoms with van der Waals surface area (Å²) in [6.07, 6.45) is 0.0844. The standard InChI is InChI=1S/C29H30FN3O5/c30-23-8-4-5-9-24(23)33-29(36)32-19-10-11-25-21(14-19)22-15-20(37-26(17-34)28(22)38-25)16-27(35)31-13-12-18-6-2-1-3-7-18/h1-11,14,20,22,26,28,34H,12-13,15-17H2,(H,31,35)(H2,32,33,36)/t20-,22-,26-,28+/m0/s1. The molecule has 4 atom stereocenters. The van der Waals surface area contributed by atoms with Crippen LogP contribution in [0.1, 0.15) is 29.9 Å². The molecule has 0 spiro atoms. The maximum atomic E-state index is 13.9. The lowest BCUT2D eigenvalue weighted by atomic mass is 9.84. The highest BCUT2D eigenvalue weighted by Gasteiger charge is 2.46. The van der Waals surface area contributed by atoms with Gasteiger partial charge in [0, 0.05) is 23.7 Å². The molecule has 8 nitrogen and oxygen atoms in total. The highest BCUT2D eigenvalue weighted by Crippen LogP contribution is 2.47. The van der Waals surface area contributed by atoms with Gasteiger partial charge in [-0.2, -0.15) is 0 Å². The van der Waals surface area contributed by atoms with Crippen LogP contribution in [0, 0.1) is 5.82 Å². The maximum Gasteiger partial charge on any atom is 0.323 e. The van der Waals surface area contributed by atoms with E-state index >= 15 is 0 Å². The Morgan fingerprint density at radius 2 is 1.79 bits per heavy atom. The molecule has 0 bridgehead atoms. The first-order valence-corrected chi connectivity index (χ1v) is 12.7. The van der Waals surface area contributed by atoms with Gasteiger partial charge in [0.15, 0.2) is 0 Å². The lowest BCUT2D eigenvalue weighted by Gasteiger charge is -2.37. The van der Waals surface area contributed by atoms with Gasteiger partial charge in [0.1, 0.15) is 23.8 Å². The number of carbonyl (C=O) groups is 2. The van der Waals surface area contributed by atoms with Crippen LogP contribution in [0.25, 0.3) is 0 Å². The number of benzene rings is 3. The van der Waals surface area contributed by atoms with Crippen molar-refractivity contribution < 1.29 is 28.6 Å². The van der Waals surface area contributed by atoms with E-state index in [9.17, 15) is 19.1 Å². The van der Waals surface area contributed by atoms with E-state index in [4.69, 9.17) is 9.47 Å². The average molecular weight is 520 g/mol. The molecule has 2 heterocycles. The smallest absolute Gasteiger partial charge is 0.323 e. The number of carbonyl (C=O) groups excluding carboxylic acids is 2. The summed E-state index contributed by atoms with van der Waals surface area (Å²) in [6.45, 7) is 0.290. The molecule has 5 rings (SSSR count). The number of anilines is 2. The summed E-state index contributed by atoms with van der Waals surface area (Å²) in [5.41, 5.74) is 2.62. The van der Waals surface area contributed by atoms with Gasteiger partial charge in [-0.3, -0.25) is 4.79 Å². The Bertz CT molecular complexity index is 1290. The Balaban J connectivity index is 1.21. The molecule has 0 radical (unpaired) electrons. The highest BCUT2D eigenvalue weighted by molar-refractivity contribution is 6.00. The minimum Gasteiger partial charge on any atom is -0.487 e. The Hall–Kier alpha value is -3.95. The topological polar surface area (TPSA) is 109 Å². The largest absolute Gasteiger partial charge is 0.487 e. The summed E-state index contributed by atoms with van der Waals surface area (Å²) in [7, 11) is 0. The lowest BCUT2D eigenvalue weighted by molar-refractivity contribution is -0.142. The fraction of sp³-hybridized carbons (Fsp3) is 0.310. The van der Waals surface area contributed by atoms with Crippen molar-refractivity contribution in [1.82, 2.24) is 5.32 Å². The first-order chi connectivity index (χ1) is 18.5. The van der Waals surface area contributed by atoms with Crippen molar-refractivity contribution in [1.29, 1.82) is 0 Å². The van der Waals surface area contributed by atoms with Crippen molar-refractivity contribution in [2.75, 3.05) is 23.8 Å². The molecule has 3 aromatic rings. The molecule has 38 heavy (non-hydrogen) atoms. The van der Waals surface area contributed by atoms with Gasteiger partial charge < -0.3 is 30.5 Å². The van der Waals surface area contributed by atoms with Crippen LogP contribution in [0.4, 0.5) is 20.6 Å². The van der Waals surface area contributed by atoms with Gasteiger partial charge in [-0.25, -0.2) is 9.18 Å². The third-order valence-electron chi connectivity index (χ3n) is 6.87. The summed E-state index contributed by atoms with van der Waals surface area (Å²) in [5, 5.41) is 18.2. The molecular weight excluding hydrogens is 489 g/mol. The highest BCUT2D eigenvalue weighted by atomic mass is 19.1. The second-order valence-corrected chi connectivity index (χ2v) is 9.51. The molecule has 9 heteroatoms. The van der Waals surface area contributed by atoms with Gasteiger partial charge >= 0.3 is 6.03 Å². The van der Waals surface area contributed by atoms with Crippen molar-refractivity contribution in [3.8, 4) is 5.75 Å². The van der Waals surface area contributed by atoms with Crippen LogP contribution in [0.3, 0.4) is 0 Å². The lowest BCUT2D eigenvalue weighted by Crippen LogP contribution is -2.47. The number of aliphatic hydroxyl groups is 1. The number of aliphatic hydroxyl groups excluding tert-OH is 1. The zero-order chi connectivity index (χ0) is 26.5. The molecule has 3 aromatic carbocycles. The summed E-state index contributed by atoms with van der Waals surface area (Å²) in [5.74, 6) is -0.106. The minimum atomic E-state index is -0.580. The number of hydrogen-bond acceptors (Lipinski definition) is 5. The van der Waals surface area contributed by atoms with Crippen LogP contribution < -0.4 is 20.7 Å². The Morgan fingerprint density at radius 3 is 2.58 bits per heavy atom. The second kappa shape index (κ2) is 11.6. The number of halogens is 1. The van der Waals surface area contributed by atoms with Gasteiger partial charge in [-0.15, -0.1) is 0 Å². The molecule has 0 saturated carbocycles. The molecule has 0 unspecified atom stereocenters. The number of rotatable bonds is 8. The first kappa shape index (κ1) is 25.7. The number of nitrogens with one attached hydrogen (secondary N) is 3. The zero-order valence-electron chi connectivity index (χ0n) is 20.7. The van der Waals surface area contributed by atoms with Crippen LogP contribution in [0.2, 0.25) is 0 Å². The summed E-state index contributed by atoms with van der Waals surface area (Å²) < 4.78 is 26.0. The molecule has 2 aliphatic rings. The van der Waals surface area contributed by atoms with Crippen molar-refractivity contribution in [2.24, 2.45) is 0 Å². The van der Waals surface area contributed by atoms with E-state index in [1.165, 1.54) is 12.1 Å². The van der Waals surface area contributed by atoms with E-state index in [2.05, 4.69) is 16.0 Å². The Kier molecular flexibility index (Phi) is 7.86. The second-order valence-electron chi connectivity index (χ2n) is 9.51. The molecule has 4 N–H and O–H groups in total. The van der Waals surface area contributed by atoms with Crippen LogP contribution in [-0.2, 0) is 16.0 Å². The zero-order valence-corrected chi connectivity index (χ0v) is 20.7. The van der Waals surface area contributed by atoms with E-state index in [-0.39, 0.29) is 36.6 Å². The number of ether oxygens (including phenoxy) is 2. The monoisotopic (exact) mass is 519 g/mol. The molecular formula is C29H30FN3O5. The predicted molar refractivity (Wildman–Crippen MR) is 141 cm³/mol. The quantitative estimate of drug-likeness (QED) is 0.357. The minimum absolute atomic E-state index is 0.0784. The van der Waals surface area contributed by atoms with Crippen LogP contribution in [-0.4, -0.2) is 48.5 Å². The van der Waals surface area contributed by atoms with Crippen molar-refractivity contribution in [3.63, 3.8) is 0 Å². The van der Waals surface area contributed by atoms with Gasteiger partial charge in [0.2, 0.25) is 5.91 Å². The van der Waals surface area contributed by atoms with E-state index < -0.39 is 24.1 Å². The Morgan fingerprint density at radius 1 is 1.00 bits per heavy atom. The molecule has 0 aromatic heterocycles. The third kappa shape index (κ3) is 5.95. The van der Waals surface area contributed by atoms with E-state index in [1.807, 2.05) is 36.4 Å². The summed E-state index contributed by atoms with van der Waals surface area (Å²) in [4.78, 5) is 25.1. The third-order valence-corrected chi connectivity index (χ3v) is 6.87. The SMILES string of the molecule is O=C(C[C@@H]1C[C@H]2c3cc(NC(=O)Nc4ccccc4F)ccc3O[C@H]2[C@H](CO)O1)NCCc1ccccc1. The van der Waals surface area contributed by atoms with Crippen LogP contribution in [0.5, 0.6) is 5.75 Å². The molecule has 0 aliphatic carbocycles. The predicted octanol–water partition coefficient (Wildman–Crippen LogP) is 4.21. The van der Waals surface area contributed by atoms with Crippen LogP contribution >= 0.6 is 0 Å². The summed E-state index contributed by atoms with van der Waals surface area (Å²) >= 11 is 0. The van der Waals surface area contributed by atoms with Gasteiger partial charge in [-0.1, -0.05) is 42.5 Å². The number of fused-ring (bicyclic) bond motifs is 3. The maximum absolute atomic E-state index is 13.9. The molecule has 3 amide bonds. The first-order valence-electron chi connectivity index (χ1n) is 12.7. The van der Waals surface area contributed by atoms with Gasteiger partial charge in [0.25, 0.3) is 0 Å². The number of hydrogen-bond donors (Lipinski definition) is 4. The fourth-order valence-electron chi connectivity index (χ4n) is 5.08. The number of amides is 3. The van der Waals surface area contributed by atoms with E-state index in [0.717, 1.165) is 17.5 Å². The molecule has 198 valence electrons. The van der Waals surface area contributed by atoms with Gasteiger partial charge in [0.05, 0.1) is 24.8 Å².